The molecule has 0 saturated heterocycles. The van der Waals surface area contributed by atoms with Gasteiger partial charge in [-0.05, 0) is 13.2 Å². The zero-order valence-electron chi connectivity index (χ0n) is 9.58. The zero-order chi connectivity index (χ0) is 12.4. The number of aromatic nitrogens is 6. The number of thioether (sulfide) groups is 1. The molecule has 0 spiro atoms. The molecule has 2 rings (SSSR count). The first-order valence-electron chi connectivity index (χ1n) is 4.67. The van der Waals surface area contributed by atoms with Crippen LogP contribution in [0.15, 0.2) is 5.16 Å². The fourth-order valence-corrected chi connectivity index (χ4v) is 1.69. The van der Waals surface area contributed by atoms with Crippen LogP contribution < -0.4 is 10.5 Å². The fraction of sp³-hybridized carbons (Fsp3) is 0.375. The van der Waals surface area contributed by atoms with Crippen molar-refractivity contribution in [2.75, 3.05) is 19.1 Å². The van der Waals surface area contributed by atoms with Gasteiger partial charge in [0.25, 0.3) is 5.95 Å². The van der Waals surface area contributed by atoms with Crippen molar-refractivity contribution in [2.24, 2.45) is 0 Å². The van der Waals surface area contributed by atoms with Crippen LogP contribution in [0.25, 0.3) is 5.95 Å². The molecule has 0 aliphatic heterocycles. The molecule has 2 aromatic heterocycles. The van der Waals surface area contributed by atoms with E-state index in [2.05, 4.69) is 25.0 Å². The van der Waals surface area contributed by atoms with Crippen molar-refractivity contribution in [2.45, 2.75) is 12.1 Å². The molecule has 0 aliphatic carbocycles. The average molecular weight is 253 g/mol. The van der Waals surface area contributed by atoms with Gasteiger partial charge in [-0.25, -0.2) is 0 Å². The lowest BCUT2D eigenvalue weighted by molar-refractivity contribution is 0.374. The van der Waals surface area contributed by atoms with E-state index >= 15 is 0 Å². The Morgan fingerprint density at radius 3 is 2.65 bits per heavy atom. The number of anilines is 1. The van der Waals surface area contributed by atoms with Crippen molar-refractivity contribution >= 4 is 17.7 Å². The summed E-state index contributed by atoms with van der Waals surface area (Å²) in [5, 5.41) is 4.63. The molecule has 0 aromatic carbocycles. The van der Waals surface area contributed by atoms with Crippen LogP contribution in [0.2, 0.25) is 0 Å². The summed E-state index contributed by atoms with van der Waals surface area (Å²) in [7, 11) is 1.49. The van der Waals surface area contributed by atoms with Crippen LogP contribution in [0, 0.1) is 6.92 Å². The molecule has 2 aromatic rings. The minimum Gasteiger partial charge on any atom is -0.467 e. The standard InChI is InChI=1S/C8H11N7OS/c1-4-10-6(13-7(11-4)16-2)15-8(17-3)12-5(9)14-15/h1-3H3,(H2,9,14). The van der Waals surface area contributed by atoms with Crippen LogP contribution in [0.4, 0.5) is 5.95 Å². The largest absolute Gasteiger partial charge is 0.467 e. The molecular formula is C8H11N7OS. The molecule has 17 heavy (non-hydrogen) atoms. The van der Waals surface area contributed by atoms with E-state index in [4.69, 9.17) is 10.5 Å². The van der Waals surface area contributed by atoms with E-state index in [1.807, 2.05) is 6.26 Å². The number of nitrogen functional groups attached to an aromatic ring is 1. The minimum absolute atomic E-state index is 0.173. The lowest BCUT2D eigenvalue weighted by atomic mass is 10.7. The van der Waals surface area contributed by atoms with Gasteiger partial charge in [-0.2, -0.15) is 24.6 Å². The van der Waals surface area contributed by atoms with Crippen LogP contribution in [0.5, 0.6) is 6.01 Å². The summed E-state index contributed by atoms with van der Waals surface area (Å²) >= 11 is 1.40. The molecule has 0 bridgehead atoms. The van der Waals surface area contributed by atoms with Crippen molar-refractivity contribution in [1.82, 2.24) is 29.7 Å². The van der Waals surface area contributed by atoms with E-state index < -0.39 is 0 Å². The Balaban J connectivity index is 2.55. The Hall–Kier alpha value is -1.90. The van der Waals surface area contributed by atoms with E-state index in [1.54, 1.807) is 6.92 Å². The number of nitrogens with zero attached hydrogens (tertiary/aromatic N) is 6. The molecule has 2 N–H and O–H groups in total. The highest BCUT2D eigenvalue weighted by molar-refractivity contribution is 7.98. The summed E-state index contributed by atoms with van der Waals surface area (Å²) in [4.78, 5) is 16.3. The first-order valence-corrected chi connectivity index (χ1v) is 5.90. The van der Waals surface area contributed by atoms with E-state index in [-0.39, 0.29) is 12.0 Å². The molecule has 0 fully saturated rings. The molecule has 0 atom stereocenters. The molecule has 0 radical (unpaired) electrons. The number of ether oxygens (including phenoxy) is 1. The Kier molecular flexibility index (Phi) is 3.09. The Bertz CT molecular complexity index is 541. The normalized spacial score (nSPS) is 10.5. The van der Waals surface area contributed by atoms with Crippen molar-refractivity contribution in [1.29, 1.82) is 0 Å². The Morgan fingerprint density at radius 1 is 1.24 bits per heavy atom. The summed E-state index contributed by atoms with van der Waals surface area (Å²) in [6.45, 7) is 1.74. The van der Waals surface area contributed by atoms with Gasteiger partial charge in [0, 0.05) is 0 Å². The number of methoxy groups -OCH3 is 1. The van der Waals surface area contributed by atoms with E-state index in [9.17, 15) is 0 Å². The summed E-state index contributed by atoms with van der Waals surface area (Å²) in [5.74, 6) is 1.04. The number of nitrogens with two attached hydrogens (primary N) is 1. The molecule has 0 saturated carbocycles. The van der Waals surface area contributed by atoms with Crippen LogP contribution in [0.3, 0.4) is 0 Å². The van der Waals surface area contributed by atoms with Gasteiger partial charge in [-0.1, -0.05) is 11.8 Å². The van der Waals surface area contributed by atoms with Crippen LogP contribution in [-0.4, -0.2) is 43.1 Å². The zero-order valence-corrected chi connectivity index (χ0v) is 10.4. The van der Waals surface area contributed by atoms with Crippen LogP contribution >= 0.6 is 11.8 Å². The number of rotatable bonds is 3. The fourth-order valence-electron chi connectivity index (χ4n) is 1.21. The summed E-state index contributed by atoms with van der Waals surface area (Å²) in [5.41, 5.74) is 5.54. The van der Waals surface area contributed by atoms with Gasteiger partial charge in [0.2, 0.25) is 5.95 Å². The minimum atomic E-state index is 0.173. The molecule has 90 valence electrons. The van der Waals surface area contributed by atoms with E-state index in [0.29, 0.717) is 16.9 Å². The van der Waals surface area contributed by atoms with Crippen molar-refractivity contribution < 1.29 is 4.74 Å². The predicted molar refractivity (Wildman–Crippen MR) is 62.2 cm³/mol. The smallest absolute Gasteiger partial charge is 0.321 e. The van der Waals surface area contributed by atoms with Gasteiger partial charge in [0.1, 0.15) is 5.82 Å². The van der Waals surface area contributed by atoms with Crippen molar-refractivity contribution in [3.05, 3.63) is 5.82 Å². The monoisotopic (exact) mass is 253 g/mol. The van der Waals surface area contributed by atoms with Gasteiger partial charge in [0.05, 0.1) is 7.11 Å². The quantitative estimate of drug-likeness (QED) is 0.766. The average Bonchev–Trinajstić information content (AvgIpc) is 2.69. The Labute approximate surface area is 102 Å². The molecule has 0 aliphatic rings. The van der Waals surface area contributed by atoms with Gasteiger partial charge in [-0.15, -0.1) is 5.10 Å². The number of hydrogen-bond acceptors (Lipinski definition) is 8. The SMILES string of the molecule is COc1nc(C)nc(-n2nc(N)nc2SC)n1. The number of hydrogen-bond donors (Lipinski definition) is 1. The molecule has 0 unspecified atom stereocenters. The maximum absolute atomic E-state index is 5.54. The van der Waals surface area contributed by atoms with Crippen molar-refractivity contribution in [3.63, 3.8) is 0 Å². The van der Waals surface area contributed by atoms with Gasteiger partial charge < -0.3 is 10.5 Å². The molecule has 8 nitrogen and oxygen atoms in total. The lowest BCUT2D eigenvalue weighted by Gasteiger charge is -2.04. The third kappa shape index (κ3) is 2.28. The molecule has 9 heteroatoms. The molecule has 0 amide bonds. The maximum Gasteiger partial charge on any atom is 0.321 e. The lowest BCUT2D eigenvalue weighted by Crippen LogP contribution is -2.08. The molecule has 2 heterocycles. The van der Waals surface area contributed by atoms with Crippen molar-refractivity contribution in [3.8, 4) is 12.0 Å². The Morgan fingerprint density at radius 2 is 2.00 bits per heavy atom. The van der Waals surface area contributed by atoms with E-state index in [1.165, 1.54) is 23.6 Å². The second-order valence-corrected chi connectivity index (χ2v) is 3.81. The summed E-state index contributed by atoms with van der Waals surface area (Å²) in [6.07, 6.45) is 1.87. The highest BCUT2D eigenvalue weighted by Crippen LogP contribution is 2.17. The van der Waals surface area contributed by atoms with Gasteiger partial charge >= 0.3 is 6.01 Å². The maximum atomic E-state index is 5.54. The highest BCUT2D eigenvalue weighted by atomic mass is 32.2. The third-order valence-corrected chi connectivity index (χ3v) is 2.49. The summed E-state index contributed by atoms with van der Waals surface area (Å²) in [6, 6.07) is 0.230. The highest BCUT2D eigenvalue weighted by Gasteiger charge is 2.13. The number of aryl methyl sites for hydroxylation is 1. The topological polar surface area (TPSA) is 105 Å². The third-order valence-electron chi connectivity index (χ3n) is 1.86. The first kappa shape index (κ1) is 11.6. The van der Waals surface area contributed by atoms with Gasteiger partial charge in [-0.3, -0.25) is 0 Å². The summed E-state index contributed by atoms with van der Waals surface area (Å²) < 4.78 is 6.43. The van der Waals surface area contributed by atoms with Gasteiger partial charge in [0.15, 0.2) is 5.16 Å². The first-order chi connectivity index (χ1) is 8.13. The van der Waals surface area contributed by atoms with E-state index in [0.717, 1.165) is 0 Å². The van der Waals surface area contributed by atoms with Crippen LogP contribution in [-0.2, 0) is 0 Å². The second-order valence-electron chi connectivity index (χ2n) is 3.04. The molecular weight excluding hydrogens is 242 g/mol. The second kappa shape index (κ2) is 4.53. The predicted octanol–water partition coefficient (Wildman–Crippen LogP) is 0.0734. The van der Waals surface area contributed by atoms with Crippen LogP contribution in [0.1, 0.15) is 5.82 Å².